The van der Waals surface area contributed by atoms with Gasteiger partial charge in [0.05, 0.1) is 22.5 Å². The highest BCUT2D eigenvalue weighted by Crippen LogP contribution is 2.40. The lowest BCUT2D eigenvalue weighted by atomic mass is 9.76. The molecule has 9 nitrogen and oxygen atoms in total. The van der Waals surface area contributed by atoms with Gasteiger partial charge in [0, 0.05) is 35.5 Å². The Kier molecular flexibility index (Phi) is 7.84. The van der Waals surface area contributed by atoms with Crippen LogP contribution in [-0.2, 0) is 13.0 Å². The van der Waals surface area contributed by atoms with Crippen LogP contribution in [0, 0.1) is 12.3 Å². The molecule has 1 amide bonds. The summed E-state index contributed by atoms with van der Waals surface area (Å²) in [5.74, 6) is -0.724. The first-order valence-corrected chi connectivity index (χ1v) is 16.8. The van der Waals surface area contributed by atoms with Crippen LogP contribution < -0.4 is 10.2 Å². The number of carbonyl (C=O) groups is 2. The molecule has 1 aliphatic heterocycles. The summed E-state index contributed by atoms with van der Waals surface area (Å²) in [5, 5.41) is 18.6. The molecule has 7 rings (SSSR count). The van der Waals surface area contributed by atoms with Crippen LogP contribution in [0.25, 0.3) is 21.3 Å². The Balaban J connectivity index is 1.17. The van der Waals surface area contributed by atoms with E-state index >= 15 is 0 Å². The van der Waals surface area contributed by atoms with Crippen LogP contribution in [0.4, 0.5) is 10.9 Å². The van der Waals surface area contributed by atoms with Gasteiger partial charge in [0.2, 0.25) is 0 Å². The molecule has 0 spiro atoms. The summed E-state index contributed by atoms with van der Waals surface area (Å²) < 4.78 is 3.04. The zero-order valence-electron chi connectivity index (χ0n) is 26.4. The summed E-state index contributed by atoms with van der Waals surface area (Å²) in [6.45, 7) is 7.87. The lowest BCUT2D eigenvalue weighted by molar-refractivity contribution is 0.0691. The number of para-hydroxylation sites is 1. The van der Waals surface area contributed by atoms with E-state index in [0.717, 1.165) is 39.1 Å². The SMILES string of the molecule is Cc1c(-c2ccc(N3CCc4cccc(C(=O)Nc5nc6ccccc6s5)c4C3C)nc2C(=O)O)cnn1CC1(C)CCCCC1. The first-order valence-electron chi connectivity index (χ1n) is 16.0. The van der Waals surface area contributed by atoms with Gasteiger partial charge in [0.25, 0.3) is 5.91 Å². The molecule has 4 heterocycles. The number of carbonyl (C=O) groups excluding carboxylic acids is 1. The summed E-state index contributed by atoms with van der Waals surface area (Å²) in [6, 6.07) is 17.2. The molecule has 1 fully saturated rings. The van der Waals surface area contributed by atoms with Crippen LogP contribution in [0.5, 0.6) is 0 Å². The van der Waals surface area contributed by atoms with Crippen molar-refractivity contribution in [1.29, 1.82) is 0 Å². The number of hydrogen-bond acceptors (Lipinski definition) is 7. The first kappa shape index (κ1) is 30.1. The van der Waals surface area contributed by atoms with Crippen LogP contribution in [0.1, 0.15) is 89.7 Å². The number of anilines is 2. The molecule has 5 aromatic rings. The van der Waals surface area contributed by atoms with Crippen molar-refractivity contribution in [3.05, 3.63) is 88.9 Å². The van der Waals surface area contributed by atoms with E-state index in [1.54, 1.807) is 6.20 Å². The lowest BCUT2D eigenvalue weighted by Gasteiger charge is -2.37. The number of carboxylic acids is 1. The molecule has 3 aromatic heterocycles. The normalized spacial score (nSPS) is 17.5. The van der Waals surface area contributed by atoms with Crippen LogP contribution >= 0.6 is 11.3 Å². The number of pyridine rings is 1. The van der Waals surface area contributed by atoms with Gasteiger partial charge in [-0.2, -0.15) is 5.10 Å². The Morgan fingerprint density at radius 3 is 2.61 bits per heavy atom. The number of aromatic carboxylic acids is 1. The molecule has 1 saturated carbocycles. The molecule has 0 saturated heterocycles. The molecule has 0 radical (unpaired) electrons. The summed E-state index contributed by atoms with van der Waals surface area (Å²) in [6.07, 6.45) is 8.62. The fourth-order valence-electron chi connectivity index (χ4n) is 7.30. The van der Waals surface area contributed by atoms with Crippen molar-refractivity contribution in [2.45, 2.75) is 71.9 Å². The number of hydrogen-bond donors (Lipinski definition) is 2. The molecule has 10 heteroatoms. The molecule has 2 N–H and O–H groups in total. The minimum atomic E-state index is -1.08. The van der Waals surface area contributed by atoms with E-state index in [1.807, 2.05) is 67.1 Å². The monoisotopic (exact) mass is 634 g/mol. The number of thiazole rings is 1. The van der Waals surface area contributed by atoms with Gasteiger partial charge in [-0.05, 0) is 80.0 Å². The molecular formula is C36H38N6O3S. The summed E-state index contributed by atoms with van der Waals surface area (Å²) in [5.41, 5.74) is 5.97. The van der Waals surface area contributed by atoms with Crippen molar-refractivity contribution in [3.8, 4) is 11.1 Å². The number of fused-ring (bicyclic) bond motifs is 2. The Morgan fingerprint density at radius 2 is 1.83 bits per heavy atom. The van der Waals surface area contributed by atoms with Crippen LogP contribution in [0.3, 0.4) is 0 Å². The number of amides is 1. The third kappa shape index (κ3) is 5.55. The van der Waals surface area contributed by atoms with Crippen molar-refractivity contribution in [3.63, 3.8) is 0 Å². The number of aromatic nitrogens is 4. The summed E-state index contributed by atoms with van der Waals surface area (Å²) >= 11 is 1.45. The number of nitrogens with one attached hydrogen (secondary N) is 1. The van der Waals surface area contributed by atoms with Crippen LogP contribution in [0.2, 0.25) is 0 Å². The Bertz CT molecular complexity index is 1920. The standard InChI is InChI=1S/C36H38N6O3S/c1-22-27(20-37-42(22)21-36(3)17-7-4-8-18-36)25-14-15-30(39-32(25)34(44)45)41-19-16-24-10-9-11-26(31(24)23(41)2)33(43)40-35-38-28-12-5-6-13-29(28)46-35/h5-6,9-15,20,23H,4,7-8,16-19,21H2,1-3H3,(H,44,45)(H,38,40,43). The fourth-order valence-corrected chi connectivity index (χ4v) is 8.16. The predicted octanol–water partition coefficient (Wildman–Crippen LogP) is 7.91. The van der Waals surface area contributed by atoms with Gasteiger partial charge >= 0.3 is 5.97 Å². The average molecular weight is 635 g/mol. The maximum Gasteiger partial charge on any atom is 0.355 e. The van der Waals surface area contributed by atoms with E-state index < -0.39 is 5.97 Å². The van der Waals surface area contributed by atoms with Crippen LogP contribution in [-0.4, -0.2) is 43.3 Å². The van der Waals surface area contributed by atoms with Crippen molar-refractivity contribution >= 4 is 44.4 Å². The van der Waals surface area contributed by atoms with Crippen molar-refractivity contribution in [2.24, 2.45) is 5.41 Å². The summed E-state index contributed by atoms with van der Waals surface area (Å²) in [4.78, 5) is 37.6. The molecule has 1 aliphatic carbocycles. The fraction of sp³-hybridized carbons (Fsp3) is 0.361. The second-order valence-corrected chi connectivity index (χ2v) is 14.0. The van der Waals surface area contributed by atoms with Gasteiger partial charge in [0.1, 0.15) is 5.82 Å². The van der Waals surface area contributed by atoms with E-state index in [1.165, 1.54) is 43.4 Å². The zero-order valence-corrected chi connectivity index (χ0v) is 27.2. The highest BCUT2D eigenvalue weighted by Gasteiger charge is 2.32. The second-order valence-electron chi connectivity index (χ2n) is 13.0. The molecule has 46 heavy (non-hydrogen) atoms. The van der Waals surface area contributed by atoms with Crippen molar-refractivity contribution in [1.82, 2.24) is 19.7 Å². The molecule has 236 valence electrons. The maximum absolute atomic E-state index is 13.6. The van der Waals surface area contributed by atoms with Gasteiger partial charge in [-0.25, -0.2) is 14.8 Å². The Morgan fingerprint density at radius 1 is 1.02 bits per heavy atom. The molecular weight excluding hydrogens is 597 g/mol. The van der Waals surface area contributed by atoms with Gasteiger partial charge < -0.3 is 10.0 Å². The average Bonchev–Trinajstić information content (AvgIpc) is 3.62. The van der Waals surface area contributed by atoms with E-state index in [4.69, 9.17) is 10.1 Å². The predicted molar refractivity (Wildman–Crippen MR) is 182 cm³/mol. The Labute approximate surface area is 272 Å². The largest absolute Gasteiger partial charge is 0.476 e. The third-order valence-electron chi connectivity index (χ3n) is 9.83. The minimum absolute atomic E-state index is 0.00360. The molecule has 2 aliphatic rings. The first-order chi connectivity index (χ1) is 22.2. The van der Waals surface area contributed by atoms with E-state index in [-0.39, 0.29) is 23.1 Å². The van der Waals surface area contributed by atoms with E-state index in [2.05, 4.69) is 28.2 Å². The zero-order chi connectivity index (χ0) is 32.0. The number of carboxylic acid groups (broad SMARTS) is 1. The smallest absolute Gasteiger partial charge is 0.355 e. The molecule has 1 unspecified atom stereocenters. The van der Waals surface area contributed by atoms with Gasteiger partial charge in [0.15, 0.2) is 10.8 Å². The molecule has 2 aromatic carbocycles. The van der Waals surface area contributed by atoms with E-state index in [9.17, 15) is 14.7 Å². The van der Waals surface area contributed by atoms with Gasteiger partial charge in [-0.15, -0.1) is 0 Å². The maximum atomic E-state index is 13.6. The van der Waals surface area contributed by atoms with Gasteiger partial charge in [-0.1, -0.05) is 61.8 Å². The number of benzene rings is 2. The topological polar surface area (TPSA) is 113 Å². The molecule has 1 atom stereocenters. The van der Waals surface area contributed by atoms with E-state index in [0.29, 0.717) is 35.0 Å². The van der Waals surface area contributed by atoms with Crippen molar-refractivity contribution in [2.75, 3.05) is 16.8 Å². The summed E-state index contributed by atoms with van der Waals surface area (Å²) in [7, 11) is 0. The lowest BCUT2D eigenvalue weighted by Crippen LogP contribution is -2.36. The third-order valence-corrected chi connectivity index (χ3v) is 10.8. The highest BCUT2D eigenvalue weighted by molar-refractivity contribution is 7.22. The highest BCUT2D eigenvalue weighted by atomic mass is 32.1. The van der Waals surface area contributed by atoms with Crippen LogP contribution in [0.15, 0.2) is 60.8 Å². The second kappa shape index (κ2) is 12.0. The minimum Gasteiger partial charge on any atom is -0.476 e. The van der Waals surface area contributed by atoms with Crippen molar-refractivity contribution < 1.29 is 14.7 Å². The number of nitrogens with zero attached hydrogens (tertiary/aromatic N) is 5. The Hall–Kier alpha value is -4.57. The number of rotatable bonds is 7. The quantitative estimate of drug-likeness (QED) is 0.187. The molecule has 0 bridgehead atoms. The van der Waals surface area contributed by atoms with Gasteiger partial charge in [-0.3, -0.25) is 14.8 Å².